The average molecular weight is 395 g/mol. The fourth-order valence-electron chi connectivity index (χ4n) is 1.86. The molecule has 0 fully saturated rings. The van der Waals surface area contributed by atoms with Crippen molar-refractivity contribution >= 4 is 44.8 Å². The molecule has 1 aromatic carbocycles. The fraction of sp³-hybridized carbons (Fsp3) is 0.250. The minimum Gasteiger partial charge on any atom is -0.370 e. The molecule has 0 saturated carbocycles. The number of hydrogen-bond acceptors (Lipinski definition) is 3. The molecular formula is C16H19BrN4OS. The van der Waals surface area contributed by atoms with Crippen LogP contribution in [-0.2, 0) is 11.2 Å². The molecule has 0 aliphatic heterocycles. The highest BCUT2D eigenvalue weighted by atomic mass is 79.9. The first-order valence-electron chi connectivity index (χ1n) is 7.25. The van der Waals surface area contributed by atoms with E-state index in [4.69, 9.17) is 5.73 Å². The number of carbonyl (C=O) groups excluding carboxylic acids is 1. The number of halogens is 1. The zero-order valence-electron chi connectivity index (χ0n) is 12.6. The van der Waals surface area contributed by atoms with E-state index < -0.39 is 0 Å². The highest BCUT2D eigenvalue weighted by molar-refractivity contribution is 9.10. The molecule has 0 unspecified atom stereocenters. The van der Waals surface area contributed by atoms with Crippen molar-refractivity contribution in [2.24, 2.45) is 10.7 Å². The second-order valence-electron chi connectivity index (χ2n) is 4.83. The Kier molecular flexibility index (Phi) is 7.09. The number of carbonyl (C=O) groups is 1. The molecule has 0 atom stereocenters. The molecule has 7 heteroatoms. The van der Waals surface area contributed by atoms with E-state index in [1.165, 1.54) is 4.88 Å². The molecule has 1 heterocycles. The van der Waals surface area contributed by atoms with Crippen molar-refractivity contribution in [3.8, 4) is 0 Å². The fourth-order valence-corrected chi connectivity index (χ4v) is 2.82. The van der Waals surface area contributed by atoms with Crippen LogP contribution in [0.2, 0.25) is 0 Å². The van der Waals surface area contributed by atoms with E-state index >= 15 is 0 Å². The van der Waals surface area contributed by atoms with Crippen LogP contribution in [0.25, 0.3) is 0 Å². The minimum absolute atomic E-state index is 0.0637. The first-order chi connectivity index (χ1) is 11.1. The summed E-state index contributed by atoms with van der Waals surface area (Å²) in [5.41, 5.74) is 6.55. The Labute approximate surface area is 148 Å². The number of anilines is 1. The maximum Gasteiger partial charge on any atom is 0.226 e. The molecular weight excluding hydrogens is 376 g/mol. The van der Waals surface area contributed by atoms with Gasteiger partial charge in [-0.3, -0.25) is 9.79 Å². The van der Waals surface area contributed by atoms with Crippen molar-refractivity contribution in [3.63, 3.8) is 0 Å². The molecule has 0 radical (unpaired) electrons. The van der Waals surface area contributed by atoms with Crippen LogP contribution in [0.15, 0.2) is 51.2 Å². The number of thiophene rings is 1. The number of hydrogen-bond donors (Lipinski definition) is 3. The summed E-state index contributed by atoms with van der Waals surface area (Å²) in [7, 11) is 0. The number of nitrogens with zero attached hydrogens (tertiary/aromatic N) is 1. The summed E-state index contributed by atoms with van der Waals surface area (Å²) in [4.78, 5) is 17.3. The number of rotatable bonds is 7. The van der Waals surface area contributed by atoms with E-state index in [-0.39, 0.29) is 5.91 Å². The van der Waals surface area contributed by atoms with E-state index in [0.29, 0.717) is 25.5 Å². The molecule has 2 rings (SSSR count). The summed E-state index contributed by atoms with van der Waals surface area (Å²) in [6.07, 6.45) is 1.21. The summed E-state index contributed by atoms with van der Waals surface area (Å²) in [6, 6.07) is 11.6. The summed E-state index contributed by atoms with van der Waals surface area (Å²) in [5, 5.41) is 7.82. The van der Waals surface area contributed by atoms with E-state index in [1.54, 1.807) is 11.3 Å². The van der Waals surface area contributed by atoms with Gasteiger partial charge in [0, 0.05) is 41.0 Å². The molecule has 122 valence electrons. The maximum absolute atomic E-state index is 11.8. The van der Waals surface area contributed by atoms with Crippen molar-refractivity contribution in [3.05, 3.63) is 51.1 Å². The molecule has 0 saturated heterocycles. The number of amides is 1. The Hall–Kier alpha value is -1.86. The highest BCUT2D eigenvalue weighted by Gasteiger charge is 2.02. The molecule has 0 aliphatic rings. The monoisotopic (exact) mass is 394 g/mol. The predicted octanol–water partition coefficient (Wildman–Crippen LogP) is 2.99. The predicted molar refractivity (Wildman–Crippen MR) is 99.9 cm³/mol. The normalized spacial score (nSPS) is 11.3. The maximum atomic E-state index is 11.8. The molecule has 5 nitrogen and oxygen atoms in total. The van der Waals surface area contributed by atoms with Gasteiger partial charge in [-0.05, 0) is 35.7 Å². The molecule has 23 heavy (non-hydrogen) atoms. The van der Waals surface area contributed by atoms with E-state index in [9.17, 15) is 4.79 Å². The third-order valence-corrected chi connectivity index (χ3v) is 4.47. The lowest BCUT2D eigenvalue weighted by atomic mass is 10.3. The summed E-state index contributed by atoms with van der Waals surface area (Å²) in [5.74, 6) is 0.309. The Morgan fingerprint density at radius 1 is 1.26 bits per heavy atom. The third kappa shape index (κ3) is 6.83. The molecule has 0 aliphatic carbocycles. The zero-order chi connectivity index (χ0) is 16.5. The summed E-state index contributed by atoms with van der Waals surface area (Å²) >= 11 is 5.07. The molecule has 0 bridgehead atoms. The lowest BCUT2D eigenvalue weighted by Gasteiger charge is -2.07. The lowest BCUT2D eigenvalue weighted by Crippen LogP contribution is -2.34. The van der Waals surface area contributed by atoms with Crippen LogP contribution < -0.4 is 16.4 Å². The van der Waals surface area contributed by atoms with Crippen LogP contribution in [0.3, 0.4) is 0 Å². The Balaban J connectivity index is 1.63. The van der Waals surface area contributed by atoms with Gasteiger partial charge in [0.15, 0.2) is 5.96 Å². The number of nitrogens with two attached hydrogens (primary N) is 1. The van der Waals surface area contributed by atoms with Gasteiger partial charge in [-0.15, -0.1) is 11.3 Å². The van der Waals surface area contributed by atoms with Crippen LogP contribution >= 0.6 is 27.3 Å². The quantitative estimate of drug-likeness (QED) is 0.498. The van der Waals surface area contributed by atoms with Crippen molar-refractivity contribution < 1.29 is 4.79 Å². The van der Waals surface area contributed by atoms with Gasteiger partial charge in [-0.1, -0.05) is 22.0 Å². The first-order valence-corrected chi connectivity index (χ1v) is 8.92. The van der Waals surface area contributed by atoms with Crippen LogP contribution in [0, 0.1) is 0 Å². The molecule has 1 amide bonds. The van der Waals surface area contributed by atoms with E-state index in [0.717, 1.165) is 16.6 Å². The minimum atomic E-state index is -0.0637. The zero-order valence-corrected chi connectivity index (χ0v) is 15.0. The summed E-state index contributed by atoms with van der Waals surface area (Å²) in [6.45, 7) is 1.10. The molecule has 4 N–H and O–H groups in total. The molecule has 0 spiro atoms. The first kappa shape index (κ1) is 17.5. The number of benzene rings is 1. The van der Waals surface area contributed by atoms with Crippen molar-refractivity contribution in [1.29, 1.82) is 0 Å². The van der Waals surface area contributed by atoms with Gasteiger partial charge in [-0.25, -0.2) is 0 Å². The van der Waals surface area contributed by atoms with Gasteiger partial charge >= 0.3 is 0 Å². The van der Waals surface area contributed by atoms with Gasteiger partial charge in [-0.2, -0.15) is 0 Å². The lowest BCUT2D eigenvalue weighted by molar-refractivity contribution is -0.116. The second-order valence-corrected chi connectivity index (χ2v) is 6.78. The van der Waals surface area contributed by atoms with Crippen molar-refractivity contribution in [2.75, 3.05) is 18.4 Å². The smallest absolute Gasteiger partial charge is 0.226 e. The van der Waals surface area contributed by atoms with Crippen LogP contribution in [0.1, 0.15) is 11.3 Å². The Bertz CT molecular complexity index is 641. The molecule has 2 aromatic rings. The van der Waals surface area contributed by atoms with Crippen LogP contribution in [0.5, 0.6) is 0 Å². The SMILES string of the molecule is NC(=NCCc1cccs1)NCCC(=O)Nc1ccc(Br)cc1. The largest absolute Gasteiger partial charge is 0.370 e. The van der Waals surface area contributed by atoms with Crippen molar-refractivity contribution in [2.45, 2.75) is 12.8 Å². The van der Waals surface area contributed by atoms with Crippen molar-refractivity contribution in [1.82, 2.24) is 5.32 Å². The number of nitrogens with one attached hydrogen (secondary N) is 2. The average Bonchev–Trinajstić information content (AvgIpc) is 3.03. The van der Waals surface area contributed by atoms with Gasteiger partial charge in [0.05, 0.1) is 0 Å². The number of aliphatic imine (C=N–C) groups is 1. The van der Waals surface area contributed by atoms with Gasteiger partial charge < -0.3 is 16.4 Å². The standard InChI is InChI=1S/C16H19BrN4OS/c17-12-3-5-13(6-4-12)21-15(22)8-10-20-16(18)19-9-7-14-2-1-11-23-14/h1-6,11H,7-10H2,(H,21,22)(H3,18,19,20). The molecule has 1 aromatic heterocycles. The Morgan fingerprint density at radius 3 is 2.74 bits per heavy atom. The Morgan fingerprint density at radius 2 is 2.04 bits per heavy atom. The van der Waals surface area contributed by atoms with Gasteiger partial charge in [0.25, 0.3) is 0 Å². The number of guanidine groups is 1. The van der Waals surface area contributed by atoms with E-state index in [2.05, 4.69) is 37.6 Å². The second kappa shape index (κ2) is 9.32. The van der Waals surface area contributed by atoms with Crippen LogP contribution in [-0.4, -0.2) is 25.0 Å². The third-order valence-electron chi connectivity index (χ3n) is 3.01. The van der Waals surface area contributed by atoms with Gasteiger partial charge in [0.1, 0.15) is 0 Å². The van der Waals surface area contributed by atoms with Crippen LogP contribution in [0.4, 0.5) is 5.69 Å². The van der Waals surface area contributed by atoms with Gasteiger partial charge in [0.2, 0.25) is 5.91 Å². The van der Waals surface area contributed by atoms with E-state index in [1.807, 2.05) is 35.7 Å². The summed E-state index contributed by atoms with van der Waals surface area (Å²) < 4.78 is 0.976. The highest BCUT2D eigenvalue weighted by Crippen LogP contribution is 2.14. The topological polar surface area (TPSA) is 79.5 Å².